The van der Waals surface area contributed by atoms with Crippen LogP contribution in [0.15, 0.2) is 0 Å². The molecule has 0 heterocycles. The first-order valence-electron chi connectivity index (χ1n) is 7.87. The van der Waals surface area contributed by atoms with E-state index >= 15 is 0 Å². The summed E-state index contributed by atoms with van der Waals surface area (Å²) in [7, 11) is 0. The van der Waals surface area contributed by atoms with Crippen molar-refractivity contribution in [2.24, 2.45) is 5.92 Å². The lowest BCUT2D eigenvalue weighted by Crippen LogP contribution is -2.46. The van der Waals surface area contributed by atoms with Gasteiger partial charge in [0.1, 0.15) is 0 Å². The molecule has 2 unspecified atom stereocenters. The van der Waals surface area contributed by atoms with Crippen LogP contribution in [0.4, 0.5) is 0 Å². The van der Waals surface area contributed by atoms with Crippen LogP contribution in [0.1, 0.15) is 58.3 Å². The van der Waals surface area contributed by atoms with Gasteiger partial charge in [0.15, 0.2) is 0 Å². The van der Waals surface area contributed by atoms with Crippen LogP contribution in [0.2, 0.25) is 0 Å². The van der Waals surface area contributed by atoms with E-state index in [1.165, 1.54) is 45.1 Å². The molecule has 0 saturated heterocycles. The van der Waals surface area contributed by atoms with E-state index in [0.29, 0.717) is 6.61 Å². The summed E-state index contributed by atoms with van der Waals surface area (Å²) in [6, 6.07) is 0.794. The minimum atomic E-state index is 0.0345. The normalized spacial score (nSPS) is 33.3. The second-order valence-corrected chi connectivity index (χ2v) is 6.30. The third-order valence-corrected chi connectivity index (χ3v) is 4.91. The number of aliphatic hydroxyl groups is 1. The molecule has 0 aromatic heterocycles. The molecule has 0 aliphatic heterocycles. The molecule has 2 fully saturated rings. The number of hydrogen-bond donors (Lipinski definition) is 3. The average molecular weight is 254 g/mol. The van der Waals surface area contributed by atoms with Crippen molar-refractivity contribution in [3.63, 3.8) is 0 Å². The van der Waals surface area contributed by atoms with Crippen LogP contribution < -0.4 is 10.6 Å². The molecule has 0 amide bonds. The first kappa shape index (κ1) is 14.3. The summed E-state index contributed by atoms with van der Waals surface area (Å²) < 4.78 is 0. The van der Waals surface area contributed by atoms with Crippen LogP contribution in [0, 0.1) is 5.92 Å². The Kier molecular flexibility index (Phi) is 5.46. The monoisotopic (exact) mass is 254 g/mol. The van der Waals surface area contributed by atoms with Gasteiger partial charge >= 0.3 is 0 Å². The quantitative estimate of drug-likeness (QED) is 0.651. The molecule has 2 atom stereocenters. The van der Waals surface area contributed by atoms with Crippen molar-refractivity contribution >= 4 is 0 Å². The van der Waals surface area contributed by atoms with Crippen LogP contribution in [0.3, 0.4) is 0 Å². The fourth-order valence-corrected chi connectivity index (χ4v) is 3.84. The lowest BCUT2D eigenvalue weighted by atomic mass is 9.95. The number of hydrogen-bond acceptors (Lipinski definition) is 3. The Bertz CT molecular complexity index is 241. The Morgan fingerprint density at radius 1 is 1.22 bits per heavy atom. The van der Waals surface area contributed by atoms with Gasteiger partial charge in [0, 0.05) is 11.6 Å². The summed E-state index contributed by atoms with van der Waals surface area (Å²) in [5.74, 6) is 0.796. The molecular weight excluding hydrogens is 224 g/mol. The van der Waals surface area contributed by atoms with Gasteiger partial charge < -0.3 is 15.7 Å². The van der Waals surface area contributed by atoms with E-state index in [0.717, 1.165) is 31.3 Å². The Morgan fingerprint density at radius 2 is 2.00 bits per heavy atom. The van der Waals surface area contributed by atoms with E-state index in [9.17, 15) is 5.11 Å². The Hall–Kier alpha value is -0.120. The van der Waals surface area contributed by atoms with Gasteiger partial charge in [-0.05, 0) is 57.5 Å². The highest BCUT2D eigenvalue weighted by atomic mass is 16.3. The molecule has 0 radical (unpaired) electrons. The van der Waals surface area contributed by atoms with E-state index in [1.807, 2.05) is 0 Å². The molecule has 3 heteroatoms. The Balaban J connectivity index is 1.65. The molecule has 3 N–H and O–H groups in total. The first-order valence-corrected chi connectivity index (χ1v) is 7.87. The van der Waals surface area contributed by atoms with Crippen molar-refractivity contribution in [1.82, 2.24) is 10.6 Å². The third kappa shape index (κ3) is 3.69. The lowest BCUT2D eigenvalue weighted by molar-refractivity contribution is 0.161. The molecule has 0 aromatic carbocycles. The SMILES string of the molecule is CCNC1(CO)CCC(CCNC2CCCC2)C1. The highest BCUT2D eigenvalue weighted by Gasteiger charge is 2.37. The first-order chi connectivity index (χ1) is 8.78. The van der Waals surface area contributed by atoms with E-state index in [-0.39, 0.29) is 5.54 Å². The molecule has 0 aromatic rings. The summed E-state index contributed by atoms with van der Waals surface area (Å²) in [5, 5.41) is 16.8. The number of rotatable bonds is 7. The molecule has 3 nitrogen and oxygen atoms in total. The Labute approximate surface area is 112 Å². The summed E-state index contributed by atoms with van der Waals surface area (Å²) >= 11 is 0. The molecule has 18 heavy (non-hydrogen) atoms. The third-order valence-electron chi connectivity index (χ3n) is 4.91. The molecule has 2 saturated carbocycles. The number of likely N-dealkylation sites (N-methyl/N-ethyl adjacent to an activating group) is 1. The zero-order chi connectivity index (χ0) is 12.8. The summed E-state index contributed by atoms with van der Waals surface area (Å²) in [6.07, 6.45) is 10.4. The van der Waals surface area contributed by atoms with Crippen molar-refractivity contribution in [3.05, 3.63) is 0 Å². The topological polar surface area (TPSA) is 44.3 Å². The minimum Gasteiger partial charge on any atom is -0.394 e. The summed E-state index contributed by atoms with van der Waals surface area (Å²) in [4.78, 5) is 0. The van der Waals surface area contributed by atoms with Gasteiger partial charge in [0.25, 0.3) is 0 Å². The molecular formula is C15H30N2O. The van der Waals surface area contributed by atoms with Gasteiger partial charge in [-0.1, -0.05) is 19.8 Å². The number of nitrogens with one attached hydrogen (secondary N) is 2. The second-order valence-electron chi connectivity index (χ2n) is 6.30. The van der Waals surface area contributed by atoms with E-state index in [4.69, 9.17) is 0 Å². The fourth-order valence-electron chi connectivity index (χ4n) is 3.84. The van der Waals surface area contributed by atoms with E-state index in [2.05, 4.69) is 17.6 Å². The van der Waals surface area contributed by atoms with Gasteiger partial charge in [-0.3, -0.25) is 0 Å². The van der Waals surface area contributed by atoms with Crippen LogP contribution in [-0.2, 0) is 0 Å². The van der Waals surface area contributed by atoms with Crippen LogP contribution in [0.5, 0.6) is 0 Å². The lowest BCUT2D eigenvalue weighted by Gasteiger charge is -2.28. The van der Waals surface area contributed by atoms with Crippen molar-refractivity contribution < 1.29 is 5.11 Å². The zero-order valence-corrected chi connectivity index (χ0v) is 11.9. The van der Waals surface area contributed by atoms with E-state index in [1.54, 1.807) is 0 Å². The Morgan fingerprint density at radius 3 is 2.67 bits per heavy atom. The summed E-state index contributed by atoms with van der Waals surface area (Å²) in [5.41, 5.74) is 0.0345. The zero-order valence-electron chi connectivity index (χ0n) is 11.9. The highest BCUT2D eigenvalue weighted by molar-refractivity contribution is 4.95. The van der Waals surface area contributed by atoms with Crippen molar-refractivity contribution in [1.29, 1.82) is 0 Å². The van der Waals surface area contributed by atoms with Gasteiger partial charge in [-0.2, -0.15) is 0 Å². The van der Waals surface area contributed by atoms with Crippen molar-refractivity contribution in [2.45, 2.75) is 69.9 Å². The molecule has 2 rings (SSSR count). The maximum absolute atomic E-state index is 9.59. The maximum Gasteiger partial charge on any atom is 0.0613 e. The molecule has 106 valence electrons. The molecule has 0 bridgehead atoms. The largest absolute Gasteiger partial charge is 0.394 e. The number of aliphatic hydroxyl groups excluding tert-OH is 1. The molecule has 2 aliphatic carbocycles. The predicted molar refractivity (Wildman–Crippen MR) is 75.7 cm³/mol. The van der Waals surface area contributed by atoms with Crippen molar-refractivity contribution in [3.8, 4) is 0 Å². The van der Waals surface area contributed by atoms with Gasteiger partial charge in [0.05, 0.1) is 6.61 Å². The maximum atomic E-state index is 9.59. The van der Waals surface area contributed by atoms with Crippen LogP contribution in [-0.4, -0.2) is 36.4 Å². The highest BCUT2D eigenvalue weighted by Crippen LogP contribution is 2.36. The van der Waals surface area contributed by atoms with E-state index < -0.39 is 0 Å². The van der Waals surface area contributed by atoms with Crippen molar-refractivity contribution in [2.75, 3.05) is 19.7 Å². The fraction of sp³-hybridized carbons (Fsp3) is 1.00. The molecule has 0 spiro atoms. The van der Waals surface area contributed by atoms with Gasteiger partial charge in [-0.15, -0.1) is 0 Å². The molecule has 2 aliphatic rings. The second kappa shape index (κ2) is 6.88. The summed E-state index contributed by atoms with van der Waals surface area (Å²) in [6.45, 7) is 4.57. The van der Waals surface area contributed by atoms with Gasteiger partial charge in [0.2, 0.25) is 0 Å². The van der Waals surface area contributed by atoms with Crippen LogP contribution >= 0.6 is 0 Å². The smallest absolute Gasteiger partial charge is 0.0613 e. The van der Waals surface area contributed by atoms with Crippen LogP contribution in [0.25, 0.3) is 0 Å². The predicted octanol–water partition coefficient (Wildman–Crippen LogP) is 2.05. The average Bonchev–Trinajstić information content (AvgIpc) is 3.01. The van der Waals surface area contributed by atoms with Gasteiger partial charge in [-0.25, -0.2) is 0 Å². The minimum absolute atomic E-state index is 0.0345. The standard InChI is InChI=1S/C15H30N2O/c1-2-17-15(12-18)9-7-13(11-15)8-10-16-14-5-3-4-6-14/h13-14,16-18H,2-12H2,1H3.